The molecule has 1 saturated carbocycles. The fraction of sp³-hybridized carbons (Fsp3) is 0.429. The number of anilines is 2. The van der Waals surface area contributed by atoms with E-state index in [4.69, 9.17) is 9.47 Å². The van der Waals surface area contributed by atoms with Crippen molar-refractivity contribution in [1.82, 2.24) is 0 Å². The average Bonchev–Trinajstić information content (AvgIpc) is 3.37. The molecule has 5 rings (SSSR count). The maximum absolute atomic E-state index is 13.0. The summed E-state index contributed by atoms with van der Waals surface area (Å²) in [6, 6.07) is 13.7. The standard InChI is InChI=1S/C28H30N2O6/c1-3-35-21-10-8-19(9-11-21)29-16-18(14-25(29)31)28(34)36-22-6-4-5-20(15-22)30-26(32)23-12-7-17(2)13-24(23)27(30)33/h4-6,8-11,15,17-18,23-24H,3,7,12-14,16H2,1-2H3/t17-,18+,23+,24+/m1/s1. The van der Waals surface area contributed by atoms with Crippen LogP contribution in [0, 0.1) is 23.7 Å². The summed E-state index contributed by atoms with van der Waals surface area (Å²) < 4.78 is 11.0. The van der Waals surface area contributed by atoms with Crippen LogP contribution in [-0.4, -0.2) is 36.8 Å². The SMILES string of the molecule is CCOc1ccc(N2C[C@@H](C(=O)Oc3cccc(N4C(=O)[C@H]5CC[C@@H](C)C[C@@H]5C4=O)c3)CC2=O)cc1. The smallest absolute Gasteiger partial charge is 0.316 e. The first-order valence-electron chi connectivity index (χ1n) is 12.6. The van der Waals surface area contributed by atoms with Gasteiger partial charge in [-0.1, -0.05) is 13.0 Å². The van der Waals surface area contributed by atoms with Gasteiger partial charge < -0.3 is 14.4 Å². The van der Waals surface area contributed by atoms with E-state index in [1.807, 2.05) is 6.92 Å². The van der Waals surface area contributed by atoms with Crippen LogP contribution in [0.15, 0.2) is 48.5 Å². The third-order valence-corrected chi connectivity index (χ3v) is 7.40. The molecule has 8 nitrogen and oxygen atoms in total. The van der Waals surface area contributed by atoms with Crippen LogP contribution in [0.25, 0.3) is 0 Å². The maximum Gasteiger partial charge on any atom is 0.316 e. The number of esters is 1. The number of carbonyl (C=O) groups is 4. The largest absolute Gasteiger partial charge is 0.494 e. The van der Waals surface area contributed by atoms with Crippen molar-refractivity contribution in [3.63, 3.8) is 0 Å². The Balaban J connectivity index is 1.26. The summed E-state index contributed by atoms with van der Waals surface area (Å²) in [5.41, 5.74) is 1.11. The van der Waals surface area contributed by atoms with Crippen LogP contribution in [0.5, 0.6) is 11.5 Å². The molecule has 0 spiro atoms. The lowest BCUT2D eigenvalue weighted by Gasteiger charge is -2.25. The van der Waals surface area contributed by atoms with Gasteiger partial charge in [-0.15, -0.1) is 0 Å². The molecule has 0 unspecified atom stereocenters. The van der Waals surface area contributed by atoms with Crippen molar-refractivity contribution in [2.24, 2.45) is 23.7 Å². The number of imide groups is 1. The fourth-order valence-electron chi connectivity index (χ4n) is 5.53. The van der Waals surface area contributed by atoms with E-state index in [0.29, 0.717) is 29.6 Å². The zero-order chi connectivity index (χ0) is 25.4. The third-order valence-electron chi connectivity index (χ3n) is 7.40. The summed E-state index contributed by atoms with van der Waals surface area (Å²) in [7, 11) is 0. The number of hydrogen-bond donors (Lipinski definition) is 0. The quantitative estimate of drug-likeness (QED) is 0.346. The summed E-state index contributed by atoms with van der Waals surface area (Å²) in [4.78, 5) is 54.4. The Morgan fingerprint density at radius 1 is 0.944 bits per heavy atom. The zero-order valence-electron chi connectivity index (χ0n) is 20.5. The van der Waals surface area contributed by atoms with Crippen molar-refractivity contribution in [3.05, 3.63) is 48.5 Å². The highest BCUT2D eigenvalue weighted by molar-refractivity contribution is 6.22. The first-order valence-corrected chi connectivity index (χ1v) is 12.6. The topological polar surface area (TPSA) is 93.2 Å². The molecule has 1 aliphatic carbocycles. The number of amides is 3. The molecule has 3 aliphatic rings. The lowest BCUT2D eigenvalue weighted by Crippen LogP contribution is -2.31. The molecule has 2 aromatic carbocycles. The van der Waals surface area contributed by atoms with Crippen LogP contribution in [-0.2, 0) is 19.2 Å². The average molecular weight is 491 g/mol. The first-order chi connectivity index (χ1) is 17.4. The molecule has 36 heavy (non-hydrogen) atoms. The normalized spacial score (nSPS) is 25.8. The van der Waals surface area contributed by atoms with E-state index in [-0.39, 0.29) is 48.3 Å². The van der Waals surface area contributed by atoms with E-state index in [0.717, 1.165) is 19.3 Å². The zero-order valence-corrected chi connectivity index (χ0v) is 20.5. The van der Waals surface area contributed by atoms with Crippen molar-refractivity contribution in [2.75, 3.05) is 23.0 Å². The van der Waals surface area contributed by atoms with E-state index < -0.39 is 11.9 Å². The second-order valence-electron chi connectivity index (χ2n) is 9.89. The fourth-order valence-corrected chi connectivity index (χ4v) is 5.53. The summed E-state index contributed by atoms with van der Waals surface area (Å²) >= 11 is 0. The molecule has 4 atom stereocenters. The molecule has 2 heterocycles. The molecule has 0 aromatic heterocycles. The number of fused-ring (bicyclic) bond motifs is 1. The summed E-state index contributed by atoms with van der Waals surface area (Å²) in [6.45, 7) is 4.78. The number of rotatable bonds is 6. The predicted molar refractivity (Wildman–Crippen MR) is 133 cm³/mol. The summed E-state index contributed by atoms with van der Waals surface area (Å²) in [6.07, 6.45) is 2.44. The summed E-state index contributed by atoms with van der Waals surface area (Å²) in [5.74, 6) is -0.793. The predicted octanol–water partition coefficient (Wildman–Crippen LogP) is 3.97. The van der Waals surface area contributed by atoms with Crippen molar-refractivity contribution in [1.29, 1.82) is 0 Å². The van der Waals surface area contributed by atoms with E-state index in [9.17, 15) is 19.2 Å². The van der Waals surface area contributed by atoms with Gasteiger partial charge in [-0.3, -0.25) is 19.2 Å². The van der Waals surface area contributed by atoms with Gasteiger partial charge in [0.2, 0.25) is 17.7 Å². The van der Waals surface area contributed by atoms with Crippen LogP contribution >= 0.6 is 0 Å². The Hall–Kier alpha value is -3.68. The molecule has 0 N–H and O–H groups in total. The van der Waals surface area contributed by atoms with Gasteiger partial charge in [-0.05, 0) is 68.5 Å². The van der Waals surface area contributed by atoms with E-state index in [2.05, 4.69) is 6.92 Å². The van der Waals surface area contributed by atoms with Crippen LogP contribution in [0.4, 0.5) is 11.4 Å². The lowest BCUT2D eigenvalue weighted by atomic mass is 9.76. The minimum absolute atomic E-state index is 0.0520. The van der Waals surface area contributed by atoms with Gasteiger partial charge in [0.1, 0.15) is 11.5 Å². The molecule has 2 saturated heterocycles. The minimum atomic E-state index is -0.618. The highest BCUT2D eigenvalue weighted by Gasteiger charge is 2.50. The number of benzene rings is 2. The molecule has 188 valence electrons. The van der Waals surface area contributed by atoms with Crippen molar-refractivity contribution in [3.8, 4) is 11.5 Å². The molecular weight excluding hydrogens is 460 g/mol. The number of ether oxygens (including phenoxy) is 2. The van der Waals surface area contributed by atoms with Gasteiger partial charge in [-0.25, -0.2) is 4.90 Å². The first kappa shape index (κ1) is 24.0. The highest BCUT2D eigenvalue weighted by Crippen LogP contribution is 2.42. The summed E-state index contributed by atoms with van der Waals surface area (Å²) in [5, 5.41) is 0. The van der Waals surface area contributed by atoms with Gasteiger partial charge in [-0.2, -0.15) is 0 Å². The Kier molecular flexibility index (Phi) is 6.51. The molecular formula is C28H30N2O6. The highest BCUT2D eigenvalue weighted by atomic mass is 16.5. The van der Waals surface area contributed by atoms with Crippen molar-refractivity contribution >= 4 is 35.1 Å². The second kappa shape index (κ2) is 9.76. The molecule has 2 aliphatic heterocycles. The van der Waals surface area contributed by atoms with Crippen LogP contribution in [0.1, 0.15) is 39.5 Å². The molecule has 3 amide bonds. The molecule has 2 aromatic rings. The van der Waals surface area contributed by atoms with Crippen LogP contribution < -0.4 is 19.3 Å². The number of carbonyl (C=O) groups excluding carboxylic acids is 4. The minimum Gasteiger partial charge on any atom is -0.494 e. The molecule has 8 heteroatoms. The van der Waals surface area contributed by atoms with E-state index >= 15 is 0 Å². The van der Waals surface area contributed by atoms with Crippen molar-refractivity contribution < 1.29 is 28.7 Å². The van der Waals surface area contributed by atoms with Gasteiger partial charge >= 0.3 is 5.97 Å². The van der Waals surface area contributed by atoms with E-state index in [1.165, 1.54) is 4.90 Å². The van der Waals surface area contributed by atoms with Crippen molar-refractivity contribution in [2.45, 2.75) is 39.5 Å². The lowest BCUT2D eigenvalue weighted by molar-refractivity contribution is -0.139. The molecule has 3 fully saturated rings. The second-order valence-corrected chi connectivity index (χ2v) is 9.89. The van der Waals surface area contributed by atoms with Gasteiger partial charge in [0, 0.05) is 24.7 Å². The van der Waals surface area contributed by atoms with Crippen LogP contribution in [0.3, 0.4) is 0 Å². The van der Waals surface area contributed by atoms with Crippen LogP contribution in [0.2, 0.25) is 0 Å². The van der Waals surface area contributed by atoms with Gasteiger partial charge in [0.05, 0.1) is 30.0 Å². The Morgan fingerprint density at radius 2 is 1.69 bits per heavy atom. The maximum atomic E-state index is 13.0. The Bertz CT molecular complexity index is 1190. The third kappa shape index (κ3) is 4.47. The van der Waals surface area contributed by atoms with Gasteiger partial charge in [0.25, 0.3) is 0 Å². The number of nitrogens with zero attached hydrogens (tertiary/aromatic N) is 2. The molecule has 0 bridgehead atoms. The monoisotopic (exact) mass is 490 g/mol. The van der Waals surface area contributed by atoms with E-state index in [1.54, 1.807) is 53.4 Å². The number of hydrogen-bond acceptors (Lipinski definition) is 6. The molecule has 0 radical (unpaired) electrons. The Morgan fingerprint density at radius 3 is 2.44 bits per heavy atom. The van der Waals surface area contributed by atoms with Gasteiger partial charge in [0.15, 0.2) is 0 Å². The Labute approximate surface area is 210 Å².